The van der Waals surface area contributed by atoms with E-state index in [4.69, 9.17) is 9.47 Å². The number of rotatable bonds is 3. The van der Waals surface area contributed by atoms with Gasteiger partial charge >= 0.3 is 6.03 Å². The van der Waals surface area contributed by atoms with Gasteiger partial charge in [-0.25, -0.2) is 4.79 Å². The van der Waals surface area contributed by atoms with Crippen molar-refractivity contribution in [3.05, 3.63) is 24.3 Å². The summed E-state index contributed by atoms with van der Waals surface area (Å²) in [5, 5.41) is 2.94. The monoisotopic (exact) mass is 250 g/mol. The number of nitrogens with one attached hydrogen (secondary N) is 1. The van der Waals surface area contributed by atoms with E-state index >= 15 is 0 Å². The molecule has 0 aromatic heterocycles. The molecule has 98 valence electrons. The molecule has 0 spiro atoms. The maximum absolute atomic E-state index is 12.0. The van der Waals surface area contributed by atoms with Gasteiger partial charge < -0.3 is 14.8 Å². The van der Waals surface area contributed by atoms with E-state index in [2.05, 4.69) is 5.32 Å². The van der Waals surface area contributed by atoms with Crippen molar-refractivity contribution in [2.45, 2.75) is 12.5 Å². The van der Waals surface area contributed by atoms with Crippen molar-refractivity contribution in [2.24, 2.45) is 0 Å². The Balaban J connectivity index is 2.00. The number of carbonyl (C=O) groups excluding carboxylic acids is 1. The van der Waals surface area contributed by atoms with E-state index in [0.717, 1.165) is 17.9 Å². The van der Waals surface area contributed by atoms with Crippen molar-refractivity contribution in [1.29, 1.82) is 0 Å². The van der Waals surface area contributed by atoms with Gasteiger partial charge in [0.15, 0.2) is 0 Å². The van der Waals surface area contributed by atoms with E-state index in [0.29, 0.717) is 13.2 Å². The SMILES string of the molecule is COc1cccc(N(C)C(=O)NC2CCOC2)c1. The molecular formula is C13H18N2O3. The first-order valence-corrected chi connectivity index (χ1v) is 5.96. The average Bonchev–Trinajstić information content (AvgIpc) is 2.90. The third-order valence-corrected chi connectivity index (χ3v) is 3.00. The van der Waals surface area contributed by atoms with Crippen LogP contribution in [-0.4, -0.2) is 39.4 Å². The standard InChI is InChI=1S/C13H18N2O3/c1-15(11-4-3-5-12(8-11)17-2)13(16)14-10-6-7-18-9-10/h3-5,8,10H,6-7,9H2,1-2H3,(H,14,16). The van der Waals surface area contributed by atoms with Crippen LogP contribution in [0.2, 0.25) is 0 Å². The number of nitrogens with zero attached hydrogens (tertiary/aromatic N) is 1. The highest BCUT2D eigenvalue weighted by Crippen LogP contribution is 2.20. The summed E-state index contributed by atoms with van der Waals surface area (Å²) >= 11 is 0. The summed E-state index contributed by atoms with van der Waals surface area (Å²) in [5.74, 6) is 0.733. The Kier molecular flexibility index (Phi) is 4.04. The van der Waals surface area contributed by atoms with Crippen molar-refractivity contribution < 1.29 is 14.3 Å². The predicted octanol–water partition coefficient (Wildman–Crippen LogP) is 1.63. The Bertz CT molecular complexity index is 416. The summed E-state index contributed by atoms with van der Waals surface area (Å²) in [7, 11) is 3.34. The van der Waals surface area contributed by atoms with Gasteiger partial charge in [0.05, 0.1) is 19.8 Å². The highest BCUT2D eigenvalue weighted by Gasteiger charge is 2.20. The molecule has 1 fully saturated rings. The molecule has 1 aliphatic heterocycles. The maximum atomic E-state index is 12.0. The van der Waals surface area contributed by atoms with Crippen molar-refractivity contribution in [3.8, 4) is 5.75 Å². The van der Waals surface area contributed by atoms with Crippen LogP contribution in [0.25, 0.3) is 0 Å². The maximum Gasteiger partial charge on any atom is 0.321 e. The third kappa shape index (κ3) is 2.92. The molecule has 1 aromatic carbocycles. The average molecular weight is 250 g/mol. The molecule has 0 saturated carbocycles. The second kappa shape index (κ2) is 5.73. The molecule has 1 saturated heterocycles. The predicted molar refractivity (Wildman–Crippen MR) is 69.2 cm³/mol. The molecule has 1 aliphatic rings. The van der Waals surface area contributed by atoms with Gasteiger partial charge in [-0.2, -0.15) is 0 Å². The minimum Gasteiger partial charge on any atom is -0.497 e. The zero-order valence-electron chi connectivity index (χ0n) is 10.7. The summed E-state index contributed by atoms with van der Waals surface area (Å²) < 4.78 is 10.4. The Morgan fingerprint density at radius 2 is 2.39 bits per heavy atom. The number of hydrogen-bond donors (Lipinski definition) is 1. The number of benzene rings is 1. The van der Waals surface area contributed by atoms with Crippen molar-refractivity contribution in [2.75, 3.05) is 32.3 Å². The second-order valence-electron chi connectivity index (χ2n) is 4.27. The van der Waals surface area contributed by atoms with Crippen LogP contribution in [0.1, 0.15) is 6.42 Å². The fourth-order valence-corrected chi connectivity index (χ4v) is 1.86. The number of hydrogen-bond acceptors (Lipinski definition) is 3. The molecule has 0 radical (unpaired) electrons. The van der Waals surface area contributed by atoms with Gasteiger partial charge in [0.2, 0.25) is 0 Å². The van der Waals surface area contributed by atoms with E-state index in [9.17, 15) is 4.79 Å². The van der Waals surface area contributed by atoms with Crippen LogP contribution in [-0.2, 0) is 4.74 Å². The fraction of sp³-hybridized carbons (Fsp3) is 0.462. The lowest BCUT2D eigenvalue weighted by molar-refractivity contribution is 0.189. The molecule has 1 aromatic rings. The van der Waals surface area contributed by atoms with E-state index in [-0.39, 0.29) is 12.1 Å². The lowest BCUT2D eigenvalue weighted by Crippen LogP contribution is -2.43. The normalized spacial score (nSPS) is 18.4. The molecule has 1 heterocycles. The Morgan fingerprint density at radius 3 is 3.06 bits per heavy atom. The van der Waals surface area contributed by atoms with Crippen LogP contribution >= 0.6 is 0 Å². The van der Waals surface area contributed by atoms with Gasteiger partial charge in [0.25, 0.3) is 0 Å². The van der Waals surface area contributed by atoms with Gasteiger partial charge in [-0.05, 0) is 18.6 Å². The van der Waals surface area contributed by atoms with E-state index in [1.165, 1.54) is 0 Å². The molecule has 1 N–H and O–H groups in total. The van der Waals surface area contributed by atoms with Gasteiger partial charge in [0.1, 0.15) is 5.75 Å². The van der Waals surface area contributed by atoms with Crippen molar-refractivity contribution in [1.82, 2.24) is 5.32 Å². The molecule has 2 amide bonds. The number of ether oxygens (including phenoxy) is 2. The summed E-state index contributed by atoms with van der Waals surface area (Å²) in [6.45, 7) is 1.31. The number of anilines is 1. The summed E-state index contributed by atoms with van der Waals surface area (Å²) in [4.78, 5) is 13.6. The van der Waals surface area contributed by atoms with Gasteiger partial charge in [0, 0.05) is 25.4 Å². The Labute approximate surface area is 107 Å². The second-order valence-corrected chi connectivity index (χ2v) is 4.27. The van der Waals surface area contributed by atoms with Crippen molar-refractivity contribution >= 4 is 11.7 Å². The summed E-state index contributed by atoms with van der Waals surface area (Å²) in [6, 6.07) is 7.39. The quantitative estimate of drug-likeness (QED) is 0.887. The molecule has 0 bridgehead atoms. The van der Waals surface area contributed by atoms with Gasteiger partial charge in [-0.15, -0.1) is 0 Å². The molecule has 1 unspecified atom stereocenters. The number of urea groups is 1. The molecule has 5 nitrogen and oxygen atoms in total. The Hall–Kier alpha value is -1.75. The first-order valence-electron chi connectivity index (χ1n) is 5.96. The molecule has 0 aliphatic carbocycles. The van der Waals surface area contributed by atoms with E-state index in [1.54, 1.807) is 19.1 Å². The van der Waals surface area contributed by atoms with Gasteiger partial charge in [-0.1, -0.05) is 6.07 Å². The minimum atomic E-state index is -0.126. The number of amides is 2. The highest BCUT2D eigenvalue weighted by atomic mass is 16.5. The first-order chi connectivity index (χ1) is 8.70. The fourth-order valence-electron chi connectivity index (χ4n) is 1.86. The lowest BCUT2D eigenvalue weighted by atomic mass is 10.2. The first kappa shape index (κ1) is 12.7. The molecule has 5 heteroatoms. The van der Waals surface area contributed by atoms with Crippen LogP contribution < -0.4 is 15.0 Å². The van der Waals surface area contributed by atoms with Crippen LogP contribution in [0.4, 0.5) is 10.5 Å². The number of methoxy groups -OCH3 is 1. The smallest absolute Gasteiger partial charge is 0.321 e. The topological polar surface area (TPSA) is 50.8 Å². The molecule has 2 rings (SSSR count). The largest absolute Gasteiger partial charge is 0.497 e. The van der Waals surface area contributed by atoms with E-state index < -0.39 is 0 Å². The van der Waals surface area contributed by atoms with Gasteiger partial charge in [-0.3, -0.25) is 4.90 Å². The highest BCUT2D eigenvalue weighted by molar-refractivity contribution is 5.91. The zero-order chi connectivity index (χ0) is 13.0. The summed E-state index contributed by atoms with van der Waals surface area (Å²) in [5.41, 5.74) is 0.797. The lowest BCUT2D eigenvalue weighted by Gasteiger charge is -2.20. The number of carbonyl (C=O) groups is 1. The van der Waals surface area contributed by atoms with E-state index in [1.807, 2.05) is 24.3 Å². The third-order valence-electron chi connectivity index (χ3n) is 3.00. The Morgan fingerprint density at radius 1 is 1.56 bits per heavy atom. The molecule has 1 atom stereocenters. The minimum absolute atomic E-state index is 0.116. The summed E-state index contributed by atoms with van der Waals surface area (Å²) in [6.07, 6.45) is 0.873. The van der Waals surface area contributed by atoms with Crippen LogP contribution in [0, 0.1) is 0 Å². The molecule has 18 heavy (non-hydrogen) atoms. The van der Waals surface area contributed by atoms with Crippen molar-refractivity contribution in [3.63, 3.8) is 0 Å². The van der Waals surface area contributed by atoms with Crippen LogP contribution in [0.5, 0.6) is 5.75 Å². The van der Waals surface area contributed by atoms with Crippen LogP contribution in [0.15, 0.2) is 24.3 Å². The van der Waals surface area contributed by atoms with Crippen LogP contribution in [0.3, 0.4) is 0 Å². The molecular weight excluding hydrogens is 232 g/mol. The zero-order valence-corrected chi connectivity index (χ0v) is 10.7.